The molecule has 59 heavy (non-hydrogen) atoms. The van der Waals surface area contributed by atoms with Gasteiger partial charge in [0.1, 0.15) is 0 Å². The molecular formula is C56H37N3. The van der Waals surface area contributed by atoms with E-state index in [9.17, 15) is 0 Å². The van der Waals surface area contributed by atoms with Crippen LogP contribution >= 0.6 is 0 Å². The molecule has 0 spiro atoms. The minimum atomic E-state index is -0.482. The van der Waals surface area contributed by atoms with Crippen LogP contribution in [0.15, 0.2) is 224 Å². The maximum atomic E-state index is 5.18. The fourth-order valence-corrected chi connectivity index (χ4v) is 8.97. The van der Waals surface area contributed by atoms with E-state index < -0.39 is 5.41 Å². The van der Waals surface area contributed by atoms with Crippen molar-refractivity contribution in [1.82, 2.24) is 15.0 Å². The number of rotatable bonds is 7. The fourth-order valence-electron chi connectivity index (χ4n) is 8.97. The Labute approximate surface area is 344 Å². The number of hydrogen-bond acceptors (Lipinski definition) is 3. The molecule has 9 aromatic carbocycles. The Balaban J connectivity index is 1.08. The van der Waals surface area contributed by atoms with E-state index in [-0.39, 0.29) is 0 Å². The topological polar surface area (TPSA) is 38.7 Å². The SMILES string of the molecule is c1ccc(-c2ccc(-c3nc(-c4ccc(-c5ccccc5)cc4)nc(-c4ccc5cc6c(cc5c4)C(c4ccccc4)(c4ccccc4)c4ccccc4-6)n3)cc2)cc1. The molecule has 0 atom stereocenters. The molecule has 0 bridgehead atoms. The number of fused-ring (bicyclic) bond motifs is 4. The average molecular weight is 752 g/mol. The first-order valence-electron chi connectivity index (χ1n) is 20.1. The Morgan fingerprint density at radius 2 is 0.661 bits per heavy atom. The molecule has 3 nitrogen and oxygen atoms in total. The van der Waals surface area contributed by atoms with Crippen LogP contribution < -0.4 is 0 Å². The van der Waals surface area contributed by atoms with E-state index in [1.807, 2.05) is 12.1 Å². The predicted octanol–water partition coefficient (Wildman–Crippen LogP) is 13.7. The second kappa shape index (κ2) is 14.3. The third-order valence-electron chi connectivity index (χ3n) is 11.8. The summed E-state index contributed by atoms with van der Waals surface area (Å²) in [5.41, 5.74) is 14.5. The van der Waals surface area contributed by atoms with Crippen LogP contribution in [0.1, 0.15) is 22.3 Å². The first-order chi connectivity index (χ1) is 29.2. The number of aromatic nitrogens is 3. The zero-order valence-corrected chi connectivity index (χ0v) is 32.2. The smallest absolute Gasteiger partial charge is 0.164 e. The van der Waals surface area contributed by atoms with E-state index in [0.29, 0.717) is 17.5 Å². The Hall–Kier alpha value is -7.75. The molecular weight excluding hydrogens is 715 g/mol. The standard InChI is InChI=1S/C56H37N3/c1-5-15-38(16-6-1)40-25-29-42(30-26-40)53-57-54(43-31-27-41(28-32-43)39-17-7-2-8-18-39)59-55(58-53)45-34-33-44-36-50-49-23-13-14-24-51(49)56(47-19-9-3-10-20-47,48-21-11-4-12-22-48)52(50)37-46(44)35-45/h1-37H. The Morgan fingerprint density at radius 1 is 0.254 bits per heavy atom. The molecule has 11 rings (SSSR count). The summed E-state index contributed by atoms with van der Waals surface area (Å²) >= 11 is 0. The van der Waals surface area contributed by atoms with Crippen LogP contribution in [0, 0.1) is 0 Å². The van der Waals surface area contributed by atoms with Gasteiger partial charge in [-0.15, -0.1) is 0 Å². The van der Waals surface area contributed by atoms with Crippen LogP contribution in [0.2, 0.25) is 0 Å². The van der Waals surface area contributed by atoms with Crippen LogP contribution in [0.4, 0.5) is 0 Å². The first-order valence-corrected chi connectivity index (χ1v) is 20.1. The largest absolute Gasteiger partial charge is 0.208 e. The van der Waals surface area contributed by atoms with Crippen LogP contribution in [-0.2, 0) is 5.41 Å². The number of nitrogens with zero attached hydrogens (tertiary/aromatic N) is 3. The highest BCUT2D eigenvalue weighted by Gasteiger charge is 2.46. The second-order valence-electron chi connectivity index (χ2n) is 15.2. The molecule has 0 aliphatic heterocycles. The summed E-state index contributed by atoms with van der Waals surface area (Å²) in [5.74, 6) is 1.90. The van der Waals surface area contributed by atoms with Gasteiger partial charge < -0.3 is 0 Å². The number of hydrogen-bond donors (Lipinski definition) is 0. The third-order valence-corrected chi connectivity index (χ3v) is 11.8. The van der Waals surface area contributed by atoms with Crippen LogP contribution in [-0.4, -0.2) is 15.0 Å². The second-order valence-corrected chi connectivity index (χ2v) is 15.2. The maximum Gasteiger partial charge on any atom is 0.164 e. The van der Waals surface area contributed by atoms with E-state index >= 15 is 0 Å². The summed E-state index contributed by atoms with van der Waals surface area (Å²) in [5, 5.41) is 2.30. The van der Waals surface area contributed by atoms with E-state index in [1.54, 1.807) is 0 Å². The summed E-state index contributed by atoms with van der Waals surface area (Å²) in [6.45, 7) is 0. The highest BCUT2D eigenvalue weighted by atomic mass is 15.0. The Bertz CT molecular complexity index is 2970. The third kappa shape index (κ3) is 5.95. The first kappa shape index (κ1) is 34.5. The molecule has 0 saturated heterocycles. The van der Waals surface area contributed by atoms with Gasteiger partial charge in [-0.25, -0.2) is 15.0 Å². The molecule has 0 fully saturated rings. The van der Waals surface area contributed by atoms with Crippen molar-refractivity contribution in [2.45, 2.75) is 5.41 Å². The lowest BCUT2D eigenvalue weighted by atomic mass is 9.67. The summed E-state index contributed by atoms with van der Waals surface area (Å²) in [4.78, 5) is 15.5. The van der Waals surface area contributed by atoms with Crippen molar-refractivity contribution in [3.63, 3.8) is 0 Å². The summed E-state index contributed by atoms with van der Waals surface area (Å²) in [7, 11) is 0. The van der Waals surface area contributed by atoms with Gasteiger partial charge in [0.25, 0.3) is 0 Å². The molecule has 0 N–H and O–H groups in total. The molecule has 0 unspecified atom stereocenters. The summed E-state index contributed by atoms with van der Waals surface area (Å²) in [6.07, 6.45) is 0. The summed E-state index contributed by atoms with van der Waals surface area (Å²) in [6, 6.07) is 80.0. The zero-order valence-electron chi connectivity index (χ0n) is 32.2. The van der Waals surface area contributed by atoms with Gasteiger partial charge in [0, 0.05) is 16.7 Å². The molecule has 3 heteroatoms. The Kier molecular flexibility index (Phi) is 8.37. The van der Waals surface area contributed by atoms with E-state index in [4.69, 9.17) is 15.0 Å². The quantitative estimate of drug-likeness (QED) is 0.163. The molecule has 0 saturated carbocycles. The van der Waals surface area contributed by atoms with Gasteiger partial charge >= 0.3 is 0 Å². The van der Waals surface area contributed by atoms with Crippen molar-refractivity contribution in [3.05, 3.63) is 247 Å². The normalized spacial score (nSPS) is 12.5. The van der Waals surface area contributed by atoms with Crippen molar-refractivity contribution in [1.29, 1.82) is 0 Å². The zero-order chi connectivity index (χ0) is 39.2. The van der Waals surface area contributed by atoms with Crippen LogP contribution in [0.25, 0.3) is 78.3 Å². The lowest BCUT2D eigenvalue weighted by Gasteiger charge is -2.34. The molecule has 1 aromatic heterocycles. The van der Waals surface area contributed by atoms with Gasteiger partial charge in [0.15, 0.2) is 17.5 Å². The molecule has 0 radical (unpaired) electrons. The van der Waals surface area contributed by atoms with E-state index in [0.717, 1.165) is 33.2 Å². The predicted molar refractivity (Wildman–Crippen MR) is 242 cm³/mol. The van der Waals surface area contributed by atoms with Crippen molar-refractivity contribution in [2.75, 3.05) is 0 Å². The highest BCUT2D eigenvalue weighted by molar-refractivity contribution is 5.97. The lowest BCUT2D eigenvalue weighted by molar-refractivity contribution is 0.769. The molecule has 1 heterocycles. The van der Waals surface area contributed by atoms with Crippen molar-refractivity contribution < 1.29 is 0 Å². The summed E-state index contributed by atoms with van der Waals surface area (Å²) < 4.78 is 0. The van der Waals surface area contributed by atoms with E-state index in [2.05, 4.69) is 212 Å². The monoisotopic (exact) mass is 751 g/mol. The molecule has 1 aliphatic rings. The number of benzene rings is 9. The van der Waals surface area contributed by atoms with Crippen molar-refractivity contribution in [2.24, 2.45) is 0 Å². The van der Waals surface area contributed by atoms with Crippen molar-refractivity contribution in [3.8, 4) is 67.5 Å². The highest BCUT2D eigenvalue weighted by Crippen LogP contribution is 2.56. The van der Waals surface area contributed by atoms with E-state index in [1.165, 1.54) is 49.9 Å². The fraction of sp³-hybridized carbons (Fsp3) is 0.0179. The van der Waals surface area contributed by atoms with Gasteiger partial charge in [-0.2, -0.15) is 0 Å². The Morgan fingerprint density at radius 3 is 1.19 bits per heavy atom. The maximum absolute atomic E-state index is 5.18. The van der Waals surface area contributed by atoms with Crippen LogP contribution in [0.5, 0.6) is 0 Å². The molecule has 1 aliphatic carbocycles. The molecule has 276 valence electrons. The van der Waals surface area contributed by atoms with Crippen LogP contribution in [0.3, 0.4) is 0 Å². The average Bonchev–Trinajstić information content (AvgIpc) is 3.61. The lowest BCUT2D eigenvalue weighted by Crippen LogP contribution is -2.28. The minimum absolute atomic E-state index is 0.482. The minimum Gasteiger partial charge on any atom is -0.208 e. The molecule has 10 aromatic rings. The van der Waals surface area contributed by atoms with Gasteiger partial charge in [-0.3, -0.25) is 0 Å². The van der Waals surface area contributed by atoms with Crippen molar-refractivity contribution >= 4 is 10.8 Å². The molecule has 0 amide bonds. The van der Waals surface area contributed by atoms with Gasteiger partial charge in [-0.1, -0.05) is 206 Å². The van der Waals surface area contributed by atoms with Gasteiger partial charge in [0.2, 0.25) is 0 Å². The van der Waals surface area contributed by atoms with Gasteiger partial charge in [-0.05, 0) is 84.6 Å². The van der Waals surface area contributed by atoms with Gasteiger partial charge in [0.05, 0.1) is 5.41 Å².